The van der Waals surface area contributed by atoms with Gasteiger partial charge in [-0.3, -0.25) is 0 Å². The molecule has 1 aromatic carbocycles. The van der Waals surface area contributed by atoms with Crippen molar-refractivity contribution in [1.82, 2.24) is 10.2 Å². The molecule has 6 heteroatoms. The number of nitrogens with zero attached hydrogens (tertiary/aromatic N) is 2. The highest BCUT2D eigenvalue weighted by atomic mass is 32.1. The highest BCUT2D eigenvalue weighted by Crippen LogP contribution is 2.29. The van der Waals surface area contributed by atoms with Crippen LogP contribution in [0.3, 0.4) is 0 Å². The summed E-state index contributed by atoms with van der Waals surface area (Å²) in [5.74, 6) is -1.29. The van der Waals surface area contributed by atoms with Crippen LogP contribution in [0.1, 0.15) is 18.0 Å². The number of rotatable bonds is 2. The summed E-state index contributed by atoms with van der Waals surface area (Å²) in [7, 11) is 0. The maximum Gasteiger partial charge on any atom is 0.153 e. The van der Waals surface area contributed by atoms with Crippen molar-refractivity contribution in [2.24, 2.45) is 5.73 Å². The SMILES string of the molecule is CC(N)c1nnc(-c2c(F)cccc2F)s1. The summed E-state index contributed by atoms with van der Waals surface area (Å²) in [4.78, 5) is 0. The van der Waals surface area contributed by atoms with Crippen molar-refractivity contribution >= 4 is 11.3 Å². The molecule has 0 aliphatic heterocycles. The molecule has 0 saturated heterocycles. The summed E-state index contributed by atoms with van der Waals surface area (Å²) in [6.45, 7) is 1.74. The van der Waals surface area contributed by atoms with Crippen LogP contribution in [0.4, 0.5) is 8.78 Å². The zero-order valence-electron chi connectivity index (χ0n) is 8.45. The Bertz CT molecular complexity index is 490. The molecule has 16 heavy (non-hydrogen) atoms. The van der Waals surface area contributed by atoms with Crippen molar-refractivity contribution in [3.8, 4) is 10.6 Å². The van der Waals surface area contributed by atoms with Crippen molar-refractivity contribution in [3.05, 3.63) is 34.8 Å². The predicted molar refractivity (Wildman–Crippen MR) is 57.9 cm³/mol. The van der Waals surface area contributed by atoms with Crippen LogP contribution in [-0.4, -0.2) is 10.2 Å². The summed E-state index contributed by atoms with van der Waals surface area (Å²) in [5.41, 5.74) is 5.46. The minimum atomic E-state index is -0.646. The monoisotopic (exact) mass is 241 g/mol. The Labute approximate surface area is 94.9 Å². The number of benzene rings is 1. The van der Waals surface area contributed by atoms with E-state index in [1.807, 2.05) is 0 Å². The second-order valence-corrected chi connectivity index (χ2v) is 4.34. The van der Waals surface area contributed by atoms with E-state index in [2.05, 4.69) is 10.2 Å². The van der Waals surface area contributed by atoms with Crippen LogP contribution in [0.2, 0.25) is 0 Å². The van der Waals surface area contributed by atoms with Gasteiger partial charge in [-0.05, 0) is 19.1 Å². The topological polar surface area (TPSA) is 51.8 Å². The van der Waals surface area contributed by atoms with Gasteiger partial charge in [0, 0.05) is 0 Å². The fourth-order valence-electron chi connectivity index (χ4n) is 1.22. The molecule has 2 aromatic rings. The minimum Gasteiger partial charge on any atom is -0.322 e. The lowest BCUT2D eigenvalue weighted by Crippen LogP contribution is -2.03. The van der Waals surface area contributed by atoms with Gasteiger partial charge in [-0.15, -0.1) is 10.2 Å². The van der Waals surface area contributed by atoms with Gasteiger partial charge < -0.3 is 5.73 Å². The molecule has 2 N–H and O–H groups in total. The highest BCUT2D eigenvalue weighted by molar-refractivity contribution is 7.14. The predicted octanol–water partition coefficient (Wildman–Crippen LogP) is 2.50. The fourth-order valence-corrected chi connectivity index (χ4v) is 2.07. The van der Waals surface area contributed by atoms with Crippen molar-refractivity contribution in [2.75, 3.05) is 0 Å². The first-order chi connectivity index (χ1) is 7.59. The molecular weight excluding hydrogens is 232 g/mol. The lowest BCUT2D eigenvalue weighted by Gasteiger charge is -1.99. The average molecular weight is 241 g/mol. The number of aromatic nitrogens is 2. The number of halogens is 2. The Morgan fingerprint density at radius 3 is 2.38 bits per heavy atom. The Balaban J connectivity index is 2.50. The molecule has 0 spiro atoms. The van der Waals surface area contributed by atoms with Crippen LogP contribution >= 0.6 is 11.3 Å². The van der Waals surface area contributed by atoms with Crippen LogP contribution in [0.5, 0.6) is 0 Å². The van der Waals surface area contributed by atoms with Crippen molar-refractivity contribution in [2.45, 2.75) is 13.0 Å². The number of hydrogen-bond donors (Lipinski definition) is 1. The van der Waals surface area contributed by atoms with E-state index < -0.39 is 11.6 Å². The molecule has 0 bridgehead atoms. The summed E-state index contributed by atoms with van der Waals surface area (Å²) in [6.07, 6.45) is 0. The van der Waals surface area contributed by atoms with Gasteiger partial charge in [0.2, 0.25) is 0 Å². The van der Waals surface area contributed by atoms with E-state index in [-0.39, 0.29) is 16.6 Å². The molecule has 1 heterocycles. The van der Waals surface area contributed by atoms with E-state index in [9.17, 15) is 8.78 Å². The van der Waals surface area contributed by atoms with Gasteiger partial charge in [0.15, 0.2) is 5.01 Å². The highest BCUT2D eigenvalue weighted by Gasteiger charge is 2.16. The molecule has 1 aromatic heterocycles. The summed E-state index contributed by atoms with van der Waals surface area (Å²) >= 11 is 1.10. The van der Waals surface area contributed by atoms with Crippen LogP contribution in [-0.2, 0) is 0 Å². The van der Waals surface area contributed by atoms with Gasteiger partial charge >= 0.3 is 0 Å². The third-order valence-corrected chi connectivity index (χ3v) is 3.15. The smallest absolute Gasteiger partial charge is 0.153 e. The van der Waals surface area contributed by atoms with Crippen LogP contribution < -0.4 is 5.73 Å². The number of nitrogens with two attached hydrogens (primary N) is 1. The van der Waals surface area contributed by atoms with E-state index in [1.165, 1.54) is 18.2 Å². The maximum absolute atomic E-state index is 13.4. The molecule has 1 atom stereocenters. The van der Waals surface area contributed by atoms with E-state index in [0.29, 0.717) is 5.01 Å². The minimum absolute atomic E-state index is 0.146. The van der Waals surface area contributed by atoms with Crippen LogP contribution in [0.15, 0.2) is 18.2 Å². The molecule has 2 rings (SSSR count). The first kappa shape index (κ1) is 11.1. The largest absolute Gasteiger partial charge is 0.322 e. The molecule has 3 nitrogen and oxygen atoms in total. The Morgan fingerprint density at radius 2 is 1.88 bits per heavy atom. The first-order valence-corrected chi connectivity index (χ1v) is 5.44. The van der Waals surface area contributed by atoms with Gasteiger partial charge in [0.25, 0.3) is 0 Å². The standard InChI is InChI=1S/C10H9F2N3S/c1-5(13)9-14-15-10(16-9)8-6(11)3-2-4-7(8)12/h2-5H,13H2,1H3. The molecular formula is C10H9F2N3S. The van der Waals surface area contributed by atoms with Crippen molar-refractivity contribution < 1.29 is 8.78 Å². The summed E-state index contributed by atoms with van der Waals surface area (Å²) in [5, 5.41) is 8.29. The van der Waals surface area contributed by atoms with E-state index >= 15 is 0 Å². The molecule has 0 saturated carbocycles. The van der Waals surface area contributed by atoms with Gasteiger partial charge in [-0.1, -0.05) is 17.4 Å². The summed E-state index contributed by atoms with van der Waals surface area (Å²) in [6, 6.07) is 3.39. The fraction of sp³-hybridized carbons (Fsp3) is 0.200. The van der Waals surface area contributed by atoms with Gasteiger partial charge in [0.1, 0.15) is 16.6 Å². The van der Waals surface area contributed by atoms with Gasteiger partial charge in [0.05, 0.1) is 11.6 Å². The molecule has 0 radical (unpaired) electrons. The third kappa shape index (κ3) is 1.94. The third-order valence-electron chi connectivity index (χ3n) is 2.01. The lowest BCUT2D eigenvalue weighted by molar-refractivity contribution is 0.589. The van der Waals surface area contributed by atoms with Crippen molar-refractivity contribution in [1.29, 1.82) is 0 Å². The normalized spacial score (nSPS) is 12.8. The van der Waals surface area contributed by atoms with Gasteiger partial charge in [-0.25, -0.2) is 8.78 Å². The molecule has 1 unspecified atom stereocenters. The van der Waals surface area contributed by atoms with Gasteiger partial charge in [-0.2, -0.15) is 0 Å². The first-order valence-electron chi connectivity index (χ1n) is 4.63. The molecule has 0 aliphatic rings. The molecule has 84 valence electrons. The number of hydrogen-bond acceptors (Lipinski definition) is 4. The van der Waals surface area contributed by atoms with E-state index in [4.69, 9.17) is 5.73 Å². The van der Waals surface area contributed by atoms with Crippen molar-refractivity contribution in [3.63, 3.8) is 0 Å². The van der Waals surface area contributed by atoms with Crippen LogP contribution in [0, 0.1) is 11.6 Å². The zero-order chi connectivity index (χ0) is 11.7. The second-order valence-electron chi connectivity index (χ2n) is 3.33. The zero-order valence-corrected chi connectivity index (χ0v) is 9.26. The van der Waals surface area contributed by atoms with E-state index in [1.54, 1.807) is 6.92 Å². The second kappa shape index (κ2) is 4.23. The Kier molecular flexibility index (Phi) is 2.93. The summed E-state index contributed by atoms with van der Waals surface area (Å²) < 4.78 is 26.8. The molecule has 0 fully saturated rings. The Hall–Kier alpha value is -1.40. The van der Waals surface area contributed by atoms with E-state index in [0.717, 1.165) is 11.3 Å². The molecule has 0 aliphatic carbocycles. The molecule has 0 amide bonds. The average Bonchev–Trinajstić information content (AvgIpc) is 2.66. The maximum atomic E-state index is 13.4. The van der Waals surface area contributed by atoms with Crippen LogP contribution in [0.25, 0.3) is 10.6 Å². The lowest BCUT2D eigenvalue weighted by atomic mass is 10.2. The quantitative estimate of drug-likeness (QED) is 0.878. The Morgan fingerprint density at radius 1 is 1.25 bits per heavy atom.